The van der Waals surface area contributed by atoms with Crippen LogP contribution in [0, 0.1) is 13.8 Å². The number of quaternary nitrogens is 1. The normalized spacial score (nSPS) is 18.4. The number of nitrogens with zero attached hydrogens (tertiary/aromatic N) is 2. The largest absolute Gasteiger partial charge is 0.346 e. The number of carbonyl (C=O) groups excluding carboxylic acids is 1. The molecule has 2 fully saturated rings. The first-order valence-corrected chi connectivity index (χ1v) is 10.1. The van der Waals surface area contributed by atoms with Crippen molar-refractivity contribution in [1.29, 1.82) is 0 Å². The molecule has 4 rings (SSSR count). The van der Waals surface area contributed by atoms with Gasteiger partial charge in [0.1, 0.15) is 6.54 Å². The van der Waals surface area contributed by atoms with E-state index in [1.165, 1.54) is 35.4 Å². The van der Waals surface area contributed by atoms with E-state index in [4.69, 9.17) is 0 Å². The summed E-state index contributed by atoms with van der Waals surface area (Å²) in [6, 6.07) is 13.5. The minimum Gasteiger partial charge on any atom is -0.346 e. The highest BCUT2D eigenvalue weighted by molar-refractivity contribution is 5.92. The van der Waals surface area contributed by atoms with E-state index in [1.54, 1.807) is 11.0 Å². The van der Waals surface area contributed by atoms with Crippen molar-refractivity contribution < 1.29 is 9.69 Å². The van der Waals surface area contributed by atoms with Gasteiger partial charge in [-0.25, -0.2) is 0 Å². The van der Waals surface area contributed by atoms with Crippen molar-refractivity contribution in [3.8, 4) is 0 Å². The Labute approximate surface area is 162 Å². The molecule has 1 saturated heterocycles. The van der Waals surface area contributed by atoms with Crippen molar-refractivity contribution in [2.24, 2.45) is 0 Å². The van der Waals surface area contributed by atoms with E-state index in [0.717, 1.165) is 32.7 Å². The second-order valence-corrected chi connectivity index (χ2v) is 8.00. The molecule has 2 aromatic rings. The summed E-state index contributed by atoms with van der Waals surface area (Å²) in [5.74, 6) is 0.144. The molecule has 1 aliphatic heterocycles. The first-order valence-electron chi connectivity index (χ1n) is 10.1. The number of aromatic nitrogens is 1. The van der Waals surface area contributed by atoms with Gasteiger partial charge in [0, 0.05) is 29.1 Å². The Morgan fingerprint density at radius 3 is 2.52 bits per heavy atom. The van der Waals surface area contributed by atoms with Crippen LogP contribution < -0.4 is 4.90 Å². The van der Waals surface area contributed by atoms with E-state index < -0.39 is 0 Å². The van der Waals surface area contributed by atoms with Crippen LogP contribution in [0.1, 0.15) is 41.4 Å². The van der Waals surface area contributed by atoms with Crippen LogP contribution in [0.2, 0.25) is 0 Å². The van der Waals surface area contributed by atoms with Crippen molar-refractivity contribution in [2.45, 2.75) is 39.3 Å². The number of benzene rings is 1. The zero-order valence-electron chi connectivity index (χ0n) is 16.4. The van der Waals surface area contributed by atoms with Crippen molar-refractivity contribution in [1.82, 2.24) is 9.47 Å². The van der Waals surface area contributed by atoms with E-state index >= 15 is 0 Å². The third kappa shape index (κ3) is 4.16. The minimum atomic E-state index is 0.144. The number of nitrogens with one attached hydrogen (secondary N) is 1. The molecular formula is C23H30N3O+. The third-order valence-corrected chi connectivity index (χ3v) is 5.92. The summed E-state index contributed by atoms with van der Waals surface area (Å²) < 4.78 is 2.43. The predicted molar refractivity (Wildman–Crippen MR) is 109 cm³/mol. The van der Waals surface area contributed by atoms with Crippen molar-refractivity contribution in [3.63, 3.8) is 0 Å². The fourth-order valence-corrected chi connectivity index (χ4v) is 4.24. The van der Waals surface area contributed by atoms with Gasteiger partial charge >= 0.3 is 0 Å². The van der Waals surface area contributed by atoms with Crippen LogP contribution in [-0.2, 0) is 11.3 Å². The van der Waals surface area contributed by atoms with E-state index in [-0.39, 0.29) is 5.91 Å². The van der Waals surface area contributed by atoms with Gasteiger partial charge in [0.15, 0.2) is 0 Å². The van der Waals surface area contributed by atoms with Gasteiger partial charge in [-0.05, 0) is 44.4 Å². The zero-order valence-corrected chi connectivity index (χ0v) is 16.4. The van der Waals surface area contributed by atoms with Gasteiger partial charge in [-0.2, -0.15) is 0 Å². The molecule has 4 heteroatoms. The minimum absolute atomic E-state index is 0.144. The lowest BCUT2D eigenvalue weighted by Gasteiger charge is -2.31. The van der Waals surface area contributed by atoms with Crippen LogP contribution in [0.15, 0.2) is 42.5 Å². The zero-order chi connectivity index (χ0) is 18.8. The fraction of sp³-hybridized carbons (Fsp3) is 0.435. The monoisotopic (exact) mass is 364 g/mol. The number of hydrogen-bond acceptors (Lipinski definition) is 1. The summed E-state index contributed by atoms with van der Waals surface area (Å²) in [7, 11) is 0. The van der Waals surface area contributed by atoms with Gasteiger partial charge in [-0.3, -0.25) is 4.79 Å². The number of hydrogen-bond donors (Lipinski definition) is 1. The Morgan fingerprint density at radius 2 is 1.85 bits per heavy atom. The van der Waals surface area contributed by atoms with Crippen LogP contribution in [0.3, 0.4) is 0 Å². The summed E-state index contributed by atoms with van der Waals surface area (Å²) in [5.41, 5.74) is 5.15. The van der Waals surface area contributed by atoms with Crippen LogP contribution >= 0.6 is 0 Å². The van der Waals surface area contributed by atoms with Crippen molar-refractivity contribution in [2.75, 3.05) is 26.2 Å². The smallest absolute Gasteiger partial charge is 0.246 e. The highest BCUT2D eigenvalue weighted by atomic mass is 16.2. The number of amides is 1. The second kappa shape index (κ2) is 7.73. The topological polar surface area (TPSA) is 29.7 Å². The standard InChI is InChI=1S/C23H29N3O/c1-18-16-21(19(2)26(18)22-9-10-22)8-11-23(27)25-14-12-24(13-15-25)17-20-6-4-3-5-7-20/h3-8,11,16,22H,9-10,12-15,17H2,1-2H3/p+1/b11-8+. The lowest BCUT2D eigenvalue weighted by Crippen LogP contribution is -3.13. The van der Waals surface area contributed by atoms with Gasteiger partial charge in [0.25, 0.3) is 0 Å². The molecule has 2 aliphatic rings. The average Bonchev–Trinajstić information content (AvgIpc) is 3.47. The van der Waals surface area contributed by atoms with Crippen LogP contribution in [0.25, 0.3) is 6.08 Å². The molecule has 0 bridgehead atoms. The molecule has 4 nitrogen and oxygen atoms in total. The van der Waals surface area contributed by atoms with Crippen molar-refractivity contribution >= 4 is 12.0 Å². The number of rotatable bonds is 5. The second-order valence-electron chi connectivity index (χ2n) is 8.00. The highest BCUT2D eigenvalue weighted by Crippen LogP contribution is 2.38. The van der Waals surface area contributed by atoms with Crippen LogP contribution in [-0.4, -0.2) is 41.6 Å². The highest BCUT2D eigenvalue weighted by Gasteiger charge is 2.27. The molecule has 1 saturated carbocycles. The maximum atomic E-state index is 12.6. The molecule has 1 amide bonds. The Morgan fingerprint density at radius 1 is 1.15 bits per heavy atom. The summed E-state index contributed by atoms with van der Waals surface area (Å²) in [6.45, 7) is 9.10. The third-order valence-electron chi connectivity index (χ3n) is 5.92. The molecule has 1 N–H and O–H groups in total. The van der Waals surface area contributed by atoms with E-state index in [1.807, 2.05) is 11.0 Å². The average molecular weight is 365 g/mol. The molecule has 27 heavy (non-hydrogen) atoms. The van der Waals surface area contributed by atoms with Gasteiger partial charge in [0.05, 0.1) is 26.2 Å². The van der Waals surface area contributed by atoms with Gasteiger partial charge in [-0.15, -0.1) is 0 Å². The van der Waals surface area contributed by atoms with Gasteiger partial charge in [0.2, 0.25) is 5.91 Å². The molecule has 0 atom stereocenters. The summed E-state index contributed by atoms with van der Waals surface area (Å²) in [6.07, 6.45) is 6.34. The quantitative estimate of drug-likeness (QED) is 0.811. The summed E-state index contributed by atoms with van der Waals surface area (Å²) in [5, 5.41) is 0. The molecule has 1 aliphatic carbocycles. The van der Waals surface area contributed by atoms with E-state index in [9.17, 15) is 4.79 Å². The molecule has 0 radical (unpaired) electrons. The molecule has 142 valence electrons. The molecule has 0 unspecified atom stereocenters. The summed E-state index contributed by atoms with van der Waals surface area (Å²) in [4.78, 5) is 16.2. The lowest BCUT2D eigenvalue weighted by molar-refractivity contribution is -0.917. The molecule has 2 heterocycles. The van der Waals surface area contributed by atoms with E-state index in [2.05, 4.69) is 54.8 Å². The first kappa shape index (κ1) is 18.1. The maximum Gasteiger partial charge on any atom is 0.246 e. The molecular weight excluding hydrogens is 334 g/mol. The predicted octanol–water partition coefficient (Wildman–Crippen LogP) is 2.38. The fourth-order valence-electron chi connectivity index (χ4n) is 4.24. The SMILES string of the molecule is Cc1cc(/C=C/C(=O)N2CC[NH+](Cc3ccccc3)CC2)c(C)n1C1CC1. The Bertz CT molecular complexity index is 825. The first-order chi connectivity index (χ1) is 13.1. The number of piperazine rings is 1. The lowest BCUT2D eigenvalue weighted by atomic mass is 10.2. The van der Waals surface area contributed by atoms with Gasteiger partial charge in [-0.1, -0.05) is 30.3 Å². The number of aryl methyl sites for hydroxylation is 1. The van der Waals surface area contributed by atoms with E-state index in [0.29, 0.717) is 6.04 Å². The maximum absolute atomic E-state index is 12.6. The molecule has 1 aromatic heterocycles. The summed E-state index contributed by atoms with van der Waals surface area (Å²) >= 11 is 0. The molecule has 0 spiro atoms. The van der Waals surface area contributed by atoms with Crippen LogP contribution in [0.4, 0.5) is 0 Å². The molecule has 1 aromatic carbocycles. The van der Waals surface area contributed by atoms with Crippen molar-refractivity contribution in [3.05, 3.63) is 65.0 Å². The Hall–Kier alpha value is -2.33. The van der Waals surface area contributed by atoms with Crippen LogP contribution in [0.5, 0.6) is 0 Å². The van der Waals surface area contributed by atoms with Gasteiger partial charge < -0.3 is 14.4 Å². The number of carbonyl (C=O) groups is 1. The Kier molecular flexibility index (Phi) is 5.17. The Balaban J connectivity index is 1.32.